The van der Waals surface area contributed by atoms with Crippen molar-refractivity contribution in [1.82, 2.24) is 10.3 Å². The van der Waals surface area contributed by atoms with Crippen molar-refractivity contribution in [2.75, 3.05) is 16.8 Å². The number of carbonyl (C=O) groups is 1. The number of halogens is 1. The molecule has 1 aromatic carbocycles. The van der Waals surface area contributed by atoms with Crippen LogP contribution in [-0.2, 0) is 7.05 Å². The van der Waals surface area contributed by atoms with Crippen LogP contribution in [0, 0.1) is 17.1 Å². The molecule has 0 bridgehead atoms. The average molecular weight is 426 g/mol. The minimum atomic E-state index is -0.760. The van der Waals surface area contributed by atoms with Crippen LogP contribution in [0.15, 0.2) is 33.6 Å². The number of amides is 1. The summed E-state index contributed by atoms with van der Waals surface area (Å²) in [6.45, 7) is 0. The van der Waals surface area contributed by atoms with Crippen LogP contribution in [0.3, 0.4) is 0 Å². The molecule has 0 atom stereocenters. The number of aryl methyl sites for hydroxylation is 1. The Bertz CT molecular complexity index is 1430. The van der Waals surface area contributed by atoms with E-state index in [4.69, 9.17) is 16.0 Å². The number of rotatable bonds is 3. The number of nitriles is 1. The number of hydrogen-bond acceptors (Lipinski definition) is 8. The molecule has 0 saturated heterocycles. The number of para-hydroxylation sites is 1. The molecule has 6 N–H and O–H groups in total. The normalized spacial score (nSPS) is 10.8. The summed E-state index contributed by atoms with van der Waals surface area (Å²) >= 11 is 0.901. The number of hydrogen-bond donors (Lipinski definition) is 4. The molecular weight excluding hydrogens is 413 g/mol. The van der Waals surface area contributed by atoms with Crippen LogP contribution >= 0.6 is 11.3 Å². The summed E-state index contributed by atoms with van der Waals surface area (Å²) in [6.07, 6.45) is 0. The molecule has 0 aliphatic rings. The van der Waals surface area contributed by atoms with E-state index < -0.39 is 17.3 Å². The van der Waals surface area contributed by atoms with E-state index in [1.807, 2.05) is 6.07 Å². The van der Waals surface area contributed by atoms with Crippen molar-refractivity contribution in [3.63, 3.8) is 0 Å². The van der Waals surface area contributed by atoms with Gasteiger partial charge in [-0.1, -0.05) is 16.8 Å². The van der Waals surface area contributed by atoms with E-state index in [1.54, 1.807) is 6.07 Å². The molecule has 3 aromatic heterocycles. The third-order valence-corrected chi connectivity index (χ3v) is 5.48. The van der Waals surface area contributed by atoms with Crippen molar-refractivity contribution in [2.45, 2.75) is 0 Å². The van der Waals surface area contributed by atoms with E-state index in [2.05, 4.69) is 15.6 Å². The van der Waals surface area contributed by atoms with Crippen LogP contribution in [-0.4, -0.2) is 16.2 Å². The largest absolute Gasteiger partial charge is 0.435 e. The highest BCUT2D eigenvalue weighted by Gasteiger charge is 2.32. The number of nitrogens with zero attached hydrogens (tertiary/aromatic N) is 3. The van der Waals surface area contributed by atoms with Gasteiger partial charge in [-0.3, -0.25) is 9.32 Å². The molecule has 0 fully saturated rings. The van der Waals surface area contributed by atoms with E-state index in [0.29, 0.717) is 0 Å². The number of H-pyrrole nitrogens is 1. The zero-order valence-electron chi connectivity index (χ0n) is 15.3. The molecule has 3 heterocycles. The second-order valence-corrected chi connectivity index (χ2v) is 7.21. The Morgan fingerprint density at radius 3 is 2.77 bits per heavy atom. The summed E-state index contributed by atoms with van der Waals surface area (Å²) < 4.78 is 19.9. The summed E-state index contributed by atoms with van der Waals surface area (Å²) in [5, 5.41) is 14.6. The Hall–Kier alpha value is -4.24. The predicted molar refractivity (Wildman–Crippen MR) is 107 cm³/mol. The van der Waals surface area contributed by atoms with Gasteiger partial charge < -0.3 is 16.8 Å². The van der Waals surface area contributed by atoms with Crippen LogP contribution in [0.25, 0.3) is 21.5 Å². The highest BCUT2D eigenvalue weighted by molar-refractivity contribution is 7.21. The molecule has 1 amide bonds. The van der Waals surface area contributed by atoms with Gasteiger partial charge in [0.2, 0.25) is 0 Å². The van der Waals surface area contributed by atoms with Crippen LogP contribution in [0.2, 0.25) is 0 Å². The lowest BCUT2D eigenvalue weighted by Crippen LogP contribution is -2.34. The molecule has 30 heavy (non-hydrogen) atoms. The Labute approximate surface area is 171 Å². The van der Waals surface area contributed by atoms with Gasteiger partial charge >= 0.3 is 11.3 Å². The van der Waals surface area contributed by atoms with Gasteiger partial charge in [0, 0.05) is 0 Å². The molecular formula is C18H13FN7O3S+. The molecule has 0 aliphatic carbocycles. The minimum absolute atomic E-state index is 0.0174. The monoisotopic (exact) mass is 426 g/mol. The maximum Gasteiger partial charge on any atom is 0.435 e. The van der Waals surface area contributed by atoms with Gasteiger partial charge in [-0.25, -0.2) is 14.2 Å². The van der Waals surface area contributed by atoms with Crippen molar-refractivity contribution in [3.05, 3.63) is 50.9 Å². The zero-order valence-corrected chi connectivity index (χ0v) is 16.1. The first-order valence-electron chi connectivity index (χ1n) is 8.38. The van der Waals surface area contributed by atoms with Gasteiger partial charge in [0.25, 0.3) is 5.91 Å². The van der Waals surface area contributed by atoms with Gasteiger partial charge in [0.05, 0.1) is 22.3 Å². The van der Waals surface area contributed by atoms with E-state index in [9.17, 15) is 19.2 Å². The number of anilines is 3. The lowest BCUT2D eigenvalue weighted by atomic mass is 10.0. The Kier molecular flexibility index (Phi) is 4.44. The molecule has 0 unspecified atom stereocenters. The van der Waals surface area contributed by atoms with Gasteiger partial charge in [0.1, 0.15) is 33.0 Å². The maximum absolute atomic E-state index is 13.9. The number of fused-ring (bicyclic) bond motifs is 1. The number of carbonyl (C=O) groups excluding carboxylic acids is 1. The van der Waals surface area contributed by atoms with Crippen molar-refractivity contribution in [2.24, 2.45) is 7.05 Å². The number of pyridine rings is 1. The van der Waals surface area contributed by atoms with Crippen LogP contribution in [0.1, 0.15) is 15.2 Å². The molecule has 12 heteroatoms. The van der Waals surface area contributed by atoms with Gasteiger partial charge in [-0.15, -0.1) is 11.3 Å². The second-order valence-electron chi connectivity index (χ2n) is 6.21. The van der Waals surface area contributed by atoms with Crippen molar-refractivity contribution < 1.29 is 18.4 Å². The average Bonchev–Trinajstić information content (AvgIpc) is 3.21. The molecule has 0 aliphatic heterocycles. The first-order chi connectivity index (χ1) is 14.3. The number of aromatic amines is 1. The first kappa shape index (κ1) is 19.1. The smallest absolute Gasteiger partial charge is 0.397 e. The Balaban J connectivity index is 1.96. The molecule has 4 rings (SSSR count). The Morgan fingerprint density at radius 2 is 2.13 bits per heavy atom. The summed E-state index contributed by atoms with van der Waals surface area (Å²) in [6, 6.07) is 7.58. The van der Waals surface area contributed by atoms with E-state index in [-0.39, 0.29) is 49.1 Å². The third-order valence-electron chi connectivity index (χ3n) is 4.39. The fraction of sp³-hybridized carbons (Fsp3) is 0.0556. The third kappa shape index (κ3) is 2.85. The van der Waals surface area contributed by atoms with Crippen molar-refractivity contribution in [3.8, 4) is 17.3 Å². The highest BCUT2D eigenvalue weighted by Crippen LogP contribution is 2.41. The summed E-state index contributed by atoms with van der Waals surface area (Å²) in [7, 11) is 1.50. The second kappa shape index (κ2) is 6.98. The summed E-state index contributed by atoms with van der Waals surface area (Å²) in [5.74, 6) is -1.42. The summed E-state index contributed by atoms with van der Waals surface area (Å²) in [4.78, 5) is 29.4. The quantitative estimate of drug-likeness (QED) is 0.360. The van der Waals surface area contributed by atoms with E-state index in [0.717, 1.165) is 11.3 Å². The number of nitrogens with two attached hydrogens (primary N) is 2. The number of nitrogens with one attached hydrogen (secondary N) is 2. The number of benzene rings is 1. The van der Waals surface area contributed by atoms with Gasteiger partial charge in [0.15, 0.2) is 7.05 Å². The Morgan fingerprint density at radius 1 is 1.40 bits per heavy atom. The predicted octanol–water partition coefficient (Wildman–Crippen LogP) is 1.50. The van der Waals surface area contributed by atoms with Crippen molar-refractivity contribution >= 4 is 44.7 Å². The molecule has 10 nitrogen and oxygen atoms in total. The van der Waals surface area contributed by atoms with Crippen molar-refractivity contribution in [1.29, 1.82) is 5.26 Å². The number of nitrogen functional groups attached to an aromatic ring is 2. The zero-order chi connectivity index (χ0) is 21.6. The van der Waals surface area contributed by atoms with Crippen LogP contribution in [0.5, 0.6) is 0 Å². The van der Waals surface area contributed by atoms with Crippen LogP contribution in [0.4, 0.5) is 21.6 Å². The van der Waals surface area contributed by atoms with Crippen LogP contribution < -0.4 is 27.1 Å². The SMILES string of the molecule is C[n+]1[nH]oc(=O)c1-c1c(C#N)c(N)nc2sc(C(=O)Nc3ccccc3F)c(N)c12. The lowest BCUT2D eigenvalue weighted by Gasteiger charge is -2.06. The summed E-state index contributed by atoms with van der Waals surface area (Å²) in [5.41, 5.74) is 11.3. The number of aromatic nitrogens is 3. The molecule has 0 saturated carbocycles. The molecule has 0 spiro atoms. The minimum Gasteiger partial charge on any atom is -0.397 e. The van der Waals surface area contributed by atoms with E-state index in [1.165, 1.54) is 29.9 Å². The standard InChI is InChI=1S/C18H12FN7O3S/c1-26-13(18(28)29-25-26)10-7(6-20)15(22)24-17-11(10)12(21)14(30-17)16(27)23-9-5-3-2-4-8(9)19/h2-5H,1H3,(H5-,21,22,23,24,25,27,28)/p+1. The maximum atomic E-state index is 13.9. The van der Waals surface area contributed by atoms with E-state index >= 15 is 0 Å². The fourth-order valence-electron chi connectivity index (χ4n) is 3.04. The first-order valence-corrected chi connectivity index (χ1v) is 9.20. The fourth-order valence-corrected chi connectivity index (χ4v) is 4.05. The molecule has 4 aromatic rings. The number of thiophene rings is 1. The topological polar surface area (TPSA) is 168 Å². The highest BCUT2D eigenvalue weighted by atomic mass is 32.1. The molecule has 0 radical (unpaired) electrons. The van der Waals surface area contributed by atoms with Gasteiger partial charge in [-0.2, -0.15) is 5.26 Å². The van der Waals surface area contributed by atoms with Gasteiger partial charge in [-0.05, 0) is 17.4 Å². The molecule has 150 valence electrons. The lowest BCUT2D eigenvalue weighted by molar-refractivity contribution is -0.730.